The Morgan fingerprint density at radius 3 is 1.25 bits per heavy atom. The van der Waals surface area contributed by atoms with Gasteiger partial charge in [-0.3, -0.25) is 0 Å². The molecular weight excluding hydrogens is 378 g/mol. The summed E-state index contributed by atoms with van der Waals surface area (Å²) in [5.74, 6) is 0. The average molecular weight is 378 g/mol. The molecule has 19 valence electrons. The standard InChI is InChI=1S/La.2O.Pb. The van der Waals surface area contributed by atoms with Gasteiger partial charge in [0.1, 0.15) is 0 Å². The predicted octanol–water partition coefficient (Wildman–Crippen LogP) is -0.618. The van der Waals surface area contributed by atoms with Crippen LogP contribution in [-0.2, 0) is 5.37 Å². The van der Waals surface area contributed by atoms with Crippen LogP contribution in [0.25, 0.3) is 0 Å². The van der Waals surface area contributed by atoms with Gasteiger partial charge in [-0.15, -0.1) is 0 Å². The van der Waals surface area contributed by atoms with E-state index in [4.69, 9.17) is 5.37 Å². The van der Waals surface area contributed by atoms with Gasteiger partial charge in [-0.25, -0.2) is 0 Å². The molecule has 4 heteroatoms. The van der Waals surface area contributed by atoms with Crippen LogP contribution >= 0.6 is 0 Å². The molecule has 0 aliphatic rings. The fourth-order valence-corrected chi connectivity index (χ4v) is 0. The summed E-state index contributed by atoms with van der Waals surface area (Å²) in [6, 6.07) is 0. The maximum absolute atomic E-state index is 8.57. The van der Waals surface area contributed by atoms with Crippen LogP contribution in [0.1, 0.15) is 0 Å². The quantitative estimate of drug-likeness (QED) is 0.527. The first-order chi connectivity index (χ1) is 1.41. The van der Waals surface area contributed by atoms with Gasteiger partial charge in [0, 0.05) is 35.6 Å². The van der Waals surface area contributed by atoms with Gasteiger partial charge in [-0.1, -0.05) is 0 Å². The molecule has 0 rings (SSSR count). The molecule has 0 aromatic rings. The Balaban J connectivity index is 0. The number of rotatable bonds is 0. The zero-order chi connectivity index (χ0) is 2.71. The third-order valence-corrected chi connectivity index (χ3v) is 0. The Labute approximate surface area is 64.1 Å². The Kier molecular flexibility index (Phi) is 20.3. The average Bonchev–Trinajstić information content (AvgIpc) is 0.918. The van der Waals surface area contributed by atoms with Crippen molar-refractivity contribution in [3.05, 3.63) is 0 Å². The fourth-order valence-electron chi connectivity index (χ4n) is 0. The molecule has 0 aromatic carbocycles. The molecule has 1 radical (unpaired) electrons. The van der Waals surface area contributed by atoms with Gasteiger partial charge in [0.05, 0.1) is 0 Å². The van der Waals surface area contributed by atoms with Gasteiger partial charge in [0.2, 0.25) is 0 Å². The molecule has 0 N–H and O–H groups in total. The predicted molar refractivity (Wildman–Crippen MR) is 7.13 cm³/mol. The normalized spacial score (nSPS) is 2.00. The van der Waals surface area contributed by atoms with Crippen molar-refractivity contribution in [2.45, 2.75) is 0 Å². The summed E-state index contributed by atoms with van der Waals surface area (Å²) >= 11 is -2.42. The van der Waals surface area contributed by atoms with E-state index in [-0.39, 0.29) is 35.6 Å². The van der Waals surface area contributed by atoms with E-state index < -0.39 is 24.3 Å². The molecule has 0 heterocycles. The van der Waals surface area contributed by atoms with E-state index in [9.17, 15) is 0 Å². The van der Waals surface area contributed by atoms with Crippen LogP contribution in [0, 0.1) is 35.6 Å². The van der Waals surface area contributed by atoms with Crippen molar-refractivity contribution in [1.29, 1.82) is 0 Å². The second-order valence-electron chi connectivity index (χ2n) is 0.0833. The van der Waals surface area contributed by atoms with Crippen LogP contribution in [0.2, 0.25) is 0 Å². The van der Waals surface area contributed by atoms with Crippen molar-refractivity contribution >= 4 is 24.3 Å². The zero-order valence-electron chi connectivity index (χ0n) is 1.89. The van der Waals surface area contributed by atoms with Gasteiger partial charge in [-0.2, -0.15) is 0 Å². The molecular formula is LaO2Pb. The first-order valence-corrected chi connectivity index (χ1v) is 3.58. The van der Waals surface area contributed by atoms with Crippen molar-refractivity contribution in [2.75, 3.05) is 0 Å². The second-order valence-corrected chi connectivity index (χ2v) is 0.731. The van der Waals surface area contributed by atoms with Gasteiger partial charge in [0.25, 0.3) is 0 Å². The first kappa shape index (κ1) is 9.21. The molecule has 0 spiro atoms. The second kappa shape index (κ2) is 8.83. The third-order valence-electron chi connectivity index (χ3n) is 0. The van der Waals surface area contributed by atoms with E-state index >= 15 is 0 Å². The molecule has 0 aromatic heterocycles. The molecule has 0 amide bonds. The molecule has 0 unspecified atom stereocenters. The monoisotopic (exact) mass is 379 g/mol. The van der Waals surface area contributed by atoms with Gasteiger partial charge < -0.3 is 0 Å². The molecule has 4 heavy (non-hydrogen) atoms. The molecule has 0 saturated carbocycles. The minimum absolute atomic E-state index is 0. The van der Waals surface area contributed by atoms with E-state index in [1.807, 2.05) is 0 Å². The van der Waals surface area contributed by atoms with E-state index in [2.05, 4.69) is 0 Å². The van der Waals surface area contributed by atoms with Crippen LogP contribution in [0.5, 0.6) is 0 Å². The van der Waals surface area contributed by atoms with E-state index in [0.29, 0.717) is 0 Å². The van der Waals surface area contributed by atoms with Gasteiger partial charge in [-0.05, 0) is 0 Å². The molecule has 0 bridgehead atoms. The van der Waals surface area contributed by atoms with E-state index in [1.54, 1.807) is 0 Å². The molecule has 0 saturated heterocycles. The summed E-state index contributed by atoms with van der Waals surface area (Å²) in [4.78, 5) is 0. The van der Waals surface area contributed by atoms with Crippen molar-refractivity contribution in [3.8, 4) is 0 Å². The molecule has 2 nitrogen and oxygen atoms in total. The molecule has 0 atom stereocenters. The fraction of sp³-hybridized carbons (Fsp3) is 0. The van der Waals surface area contributed by atoms with Crippen LogP contribution in [0.15, 0.2) is 0 Å². The number of hydrogen-bond donors (Lipinski definition) is 0. The number of hydrogen-bond acceptors (Lipinski definition) is 2. The van der Waals surface area contributed by atoms with Crippen molar-refractivity contribution in [3.63, 3.8) is 0 Å². The molecule has 0 fully saturated rings. The topological polar surface area (TPSA) is 34.1 Å². The van der Waals surface area contributed by atoms with Crippen LogP contribution in [0.4, 0.5) is 0 Å². The summed E-state index contributed by atoms with van der Waals surface area (Å²) < 4.78 is 17.1. The Bertz CT molecular complexity index is 27.0. The molecule has 0 aliphatic carbocycles. The minimum atomic E-state index is -2.42. The zero-order valence-corrected chi connectivity index (χ0v) is 9.41. The van der Waals surface area contributed by atoms with Crippen molar-refractivity contribution < 1.29 is 41.0 Å². The van der Waals surface area contributed by atoms with Gasteiger partial charge in [0.15, 0.2) is 0 Å². The summed E-state index contributed by atoms with van der Waals surface area (Å²) in [6.45, 7) is 0. The van der Waals surface area contributed by atoms with Crippen molar-refractivity contribution in [2.24, 2.45) is 0 Å². The maximum atomic E-state index is 8.57. The summed E-state index contributed by atoms with van der Waals surface area (Å²) in [7, 11) is 0. The Morgan fingerprint density at radius 1 is 1.25 bits per heavy atom. The SMILES string of the molecule is [La].[O]=[Pb]=[O]. The first-order valence-electron chi connectivity index (χ1n) is 0.408. The Morgan fingerprint density at radius 2 is 1.25 bits per heavy atom. The van der Waals surface area contributed by atoms with E-state index in [1.165, 1.54) is 0 Å². The van der Waals surface area contributed by atoms with Gasteiger partial charge >= 0.3 is 29.6 Å². The third kappa shape index (κ3) is 9.31. The Hall–Kier alpha value is 1.72. The molecule has 0 aliphatic heterocycles. The van der Waals surface area contributed by atoms with Crippen LogP contribution in [0.3, 0.4) is 0 Å². The summed E-state index contributed by atoms with van der Waals surface area (Å²) in [5, 5.41) is 0. The van der Waals surface area contributed by atoms with E-state index in [0.717, 1.165) is 0 Å². The summed E-state index contributed by atoms with van der Waals surface area (Å²) in [5.41, 5.74) is 0. The van der Waals surface area contributed by atoms with Crippen molar-refractivity contribution in [1.82, 2.24) is 0 Å². The van der Waals surface area contributed by atoms with Crippen LogP contribution < -0.4 is 0 Å². The van der Waals surface area contributed by atoms with Crippen LogP contribution in [-0.4, -0.2) is 24.3 Å². The summed E-state index contributed by atoms with van der Waals surface area (Å²) in [6.07, 6.45) is 0.